The van der Waals surface area contributed by atoms with E-state index in [4.69, 9.17) is 20.2 Å². The van der Waals surface area contributed by atoms with Crippen molar-refractivity contribution in [2.45, 2.75) is 19.8 Å². The Morgan fingerprint density at radius 3 is 2.47 bits per heavy atom. The van der Waals surface area contributed by atoms with Gasteiger partial charge in [-0.2, -0.15) is 0 Å². The second-order valence-corrected chi connectivity index (χ2v) is 6.22. The lowest BCUT2D eigenvalue weighted by Crippen LogP contribution is -2.17. The van der Waals surface area contributed by atoms with E-state index in [1.54, 1.807) is 7.11 Å². The average molecular weight is 259 g/mol. The first kappa shape index (κ1) is 15.2. The summed E-state index contributed by atoms with van der Waals surface area (Å²) in [5.74, 6) is -0.0370. The summed E-state index contributed by atoms with van der Waals surface area (Å²) < 4.78 is 31.8. The third-order valence-corrected chi connectivity index (χ3v) is 3.25. The number of ether oxygens (including phenoxy) is 2. The molecular formula is C9H19ClO4S. The molecule has 0 aliphatic rings. The summed E-state index contributed by atoms with van der Waals surface area (Å²) in [6, 6.07) is 0. The molecule has 0 saturated heterocycles. The van der Waals surface area contributed by atoms with Gasteiger partial charge in [0.1, 0.15) is 0 Å². The molecule has 0 rings (SSSR count). The highest BCUT2D eigenvalue weighted by Crippen LogP contribution is 2.10. The molecule has 0 bridgehead atoms. The summed E-state index contributed by atoms with van der Waals surface area (Å²) in [5, 5.41) is 0. The number of methoxy groups -OCH3 is 1. The van der Waals surface area contributed by atoms with Crippen molar-refractivity contribution in [3.05, 3.63) is 0 Å². The van der Waals surface area contributed by atoms with Crippen molar-refractivity contribution < 1.29 is 17.9 Å². The Bertz CT molecular complexity index is 240. The van der Waals surface area contributed by atoms with Crippen LogP contribution in [0.1, 0.15) is 19.8 Å². The van der Waals surface area contributed by atoms with Crippen LogP contribution in [0.15, 0.2) is 0 Å². The van der Waals surface area contributed by atoms with Gasteiger partial charge in [-0.15, -0.1) is 0 Å². The molecule has 0 aliphatic heterocycles. The minimum Gasteiger partial charge on any atom is -0.385 e. The van der Waals surface area contributed by atoms with Crippen molar-refractivity contribution in [2.24, 2.45) is 5.92 Å². The molecule has 0 aliphatic carbocycles. The zero-order chi connectivity index (χ0) is 11.7. The van der Waals surface area contributed by atoms with Crippen molar-refractivity contribution >= 4 is 19.7 Å². The van der Waals surface area contributed by atoms with Crippen molar-refractivity contribution in [1.82, 2.24) is 0 Å². The Morgan fingerprint density at radius 2 is 2.00 bits per heavy atom. The molecule has 0 N–H and O–H groups in total. The lowest BCUT2D eigenvalue weighted by atomic mass is 10.1. The van der Waals surface area contributed by atoms with Gasteiger partial charge in [0.05, 0.1) is 12.4 Å². The number of halogens is 1. The van der Waals surface area contributed by atoms with E-state index >= 15 is 0 Å². The summed E-state index contributed by atoms with van der Waals surface area (Å²) in [6.07, 6.45) is 1.57. The fraction of sp³-hybridized carbons (Fsp3) is 1.00. The Balaban J connectivity index is 3.62. The second-order valence-electron chi connectivity index (χ2n) is 3.40. The quantitative estimate of drug-likeness (QED) is 0.466. The predicted molar refractivity (Wildman–Crippen MR) is 60.7 cm³/mol. The second kappa shape index (κ2) is 8.33. The molecule has 0 radical (unpaired) electrons. The van der Waals surface area contributed by atoms with Crippen LogP contribution in [0.4, 0.5) is 0 Å². The molecule has 0 saturated carbocycles. The summed E-state index contributed by atoms with van der Waals surface area (Å²) in [5.41, 5.74) is 0. The van der Waals surface area contributed by atoms with Crippen molar-refractivity contribution in [1.29, 1.82) is 0 Å². The van der Waals surface area contributed by atoms with E-state index in [0.717, 1.165) is 12.8 Å². The highest BCUT2D eigenvalue weighted by molar-refractivity contribution is 8.13. The van der Waals surface area contributed by atoms with Gasteiger partial charge in [0.2, 0.25) is 9.05 Å². The van der Waals surface area contributed by atoms with Crippen LogP contribution in [0.2, 0.25) is 0 Å². The molecule has 4 nitrogen and oxygen atoms in total. The van der Waals surface area contributed by atoms with Gasteiger partial charge < -0.3 is 9.47 Å². The summed E-state index contributed by atoms with van der Waals surface area (Å²) in [7, 11) is 3.38. The average Bonchev–Trinajstić information content (AvgIpc) is 2.14. The van der Waals surface area contributed by atoms with E-state index in [-0.39, 0.29) is 11.7 Å². The van der Waals surface area contributed by atoms with Crippen molar-refractivity contribution in [2.75, 3.05) is 32.7 Å². The molecule has 0 heterocycles. The fourth-order valence-corrected chi connectivity index (χ4v) is 2.55. The SMILES string of the molecule is CCC(COCCCOC)CS(=O)(=O)Cl. The van der Waals surface area contributed by atoms with E-state index in [1.807, 2.05) is 6.92 Å². The molecular weight excluding hydrogens is 240 g/mol. The first-order valence-corrected chi connectivity index (χ1v) is 7.46. The normalized spacial score (nSPS) is 14.1. The number of hydrogen-bond acceptors (Lipinski definition) is 4. The molecule has 0 fully saturated rings. The van der Waals surface area contributed by atoms with Crippen molar-refractivity contribution in [3.8, 4) is 0 Å². The Kier molecular flexibility index (Phi) is 8.42. The molecule has 92 valence electrons. The molecule has 1 atom stereocenters. The first-order chi connectivity index (χ1) is 6.99. The topological polar surface area (TPSA) is 52.6 Å². The Hall–Kier alpha value is 0.160. The molecule has 0 spiro atoms. The molecule has 15 heavy (non-hydrogen) atoms. The standard InChI is InChI=1S/C9H19ClO4S/c1-3-9(8-15(10,11)12)7-14-6-4-5-13-2/h9H,3-8H2,1-2H3. The van der Waals surface area contributed by atoms with Crippen LogP contribution in [0.3, 0.4) is 0 Å². The lowest BCUT2D eigenvalue weighted by Gasteiger charge is -2.12. The van der Waals surface area contributed by atoms with Gasteiger partial charge in [0.15, 0.2) is 0 Å². The minimum atomic E-state index is -3.42. The lowest BCUT2D eigenvalue weighted by molar-refractivity contribution is 0.0823. The third-order valence-electron chi connectivity index (χ3n) is 2.00. The minimum absolute atomic E-state index is 0.0185. The molecule has 0 amide bonds. The highest BCUT2D eigenvalue weighted by Gasteiger charge is 2.15. The fourth-order valence-electron chi connectivity index (χ4n) is 1.12. The number of hydrogen-bond donors (Lipinski definition) is 0. The summed E-state index contributed by atoms with van der Waals surface area (Å²) in [4.78, 5) is 0. The van der Waals surface area contributed by atoms with Crippen LogP contribution < -0.4 is 0 Å². The number of rotatable bonds is 9. The first-order valence-electron chi connectivity index (χ1n) is 4.98. The van der Waals surface area contributed by atoms with Gasteiger partial charge in [0.25, 0.3) is 0 Å². The molecule has 0 aromatic heterocycles. The summed E-state index contributed by atoms with van der Waals surface area (Å²) >= 11 is 0. The van der Waals surface area contributed by atoms with Gasteiger partial charge in [-0.1, -0.05) is 13.3 Å². The maximum Gasteiger partial charge on any atom is 0.232 e. The maximum atomic E-state index is 10.8. The van der Waals surface area contributed by atoms with Crippen LogP contribution in [0.25, 0.3) is 0 Å². The van der Waals surface area contributed by atoms with Gasteiger partial charge in [-0.3, -0.25) is 0 Å². The maximum absolute atomic E-state index is 10.8. The third kappa shape index (κ3) is 10.4. The van der Waals surface area contributed by atoms with E-state index in [9.17, 15) is 8.42 Å². The van der Waals surface area contributed by atoms with Crippen LogP contribution in [-0.2, 0) is 18.5 Å². The molecule has 0 aromatic rings. The Morgan fingerprint density at radius 1 is 1.33 bits per heavy atom. The highest BCUT2D eigenvalue weighted by atomic mass is 35.7. The molecule has 1 unspecified atom stereocenters. The Labute approximate surface area is 96.3 Å². The van der Waals surface area contributed by atoms with Crippen molar-refractivity contribution in [3.63, 3.8) is 0 Å². The molecule has 0 aromatic carbocycles. The van der Waals surface area contributed by atoms with Crippen LogP contribution >= 0.6 is 10.7 Å². The van der Waals surface area contributed by atoms with E-state index in [1.165, 1.54) is 0 Å². The van der Waals surface area contributed by atoms with Crippen LogP contribution in [0.5, 0.6) is 0 Å². The smallest absolute Gasteiger partial charge is 0.232 e. The van der Waals surface area contributed by atoms with Crippen LogP contribution in [0, 0.1) is 5.92 Å². The van der Waals surface area contributed by atoms with E-state index in [0.29, 0.717) is 19.8 Å². The van der Waals surface area contributed by atoms with Gasteiger partial charge in [0, 0.05) is 31.0 Å². The van der Waals surface area contributed by atoms with Gasteiger partial charge in [-0.25, -0.2) is 8.42 Å². The van der Waals surface area contributed by atoms with E-state index < -0.39 is 9.05 Å². The van der Waals surface area contributed by atoms with Gasteiger partial charge in [-0.05, 0) is 12.3 Å². The monoisotopic (exact) mass is 258 g/mol. The molecule has 6 heteroatoms. The zero-order valence-corrected chi connectivity index (χ0v) is 10.8. The van der Waals surface area contributed by atoms with E-state index in [2.05, 4.69) is 0 Å². The largest absolute Gasteiger partial charge is 0.385 e. The summed E-state index contributed by atoms with van der Waals surface area (Å²) in [6.45, 7) is 3.61. The van der Waals surface area contributed by atoms with Crippen LogP contribution in [-0.4, -0.2) is 41.1 Å². The predicted octanol–water partition coefficient (Wildman–Crippen LogP) is 1.63. The van der Waals surface area contributed by atoms with Gasteiger partial charge >= 0.3 is 0 Å². The zero-order valence-electron chi connectivity index (χ0n) is 9.24.